The predicted molar refractivity (Wildman–Crippen MR) is 118 cm³/mol. The Labute approximate surface area is 181 Å². The van der Waals surface area contributed by atoms with Crippen LogP contribution in [0.5, 0.6) is 11.6 Å². The van der Waals surface area contributed by atoms with Gasteiger partial charge in [-0.3, -0.25) is 0 Å². The van der Waals surface area contributed by atoms with E-state index in [1.807, 2.05) is 24.3 Å². The van der Waals surface area contributed by atoms with Gasteiger partial charge in [-0.15, -0.1) is 6.42 Å². The molecule has 0 aliphatic heterocycles. The molecule has 0 atom stereocenters. The molecule has 1 aromatic heterocycles. The summed E-state index contributed by atoms with van der Waals surface area (Å²) in [7, 11) is 0. The van der Waals surface area contributed by atoms with E-state index in [0.717, 1.165) is 10.8 Å². The summed E-state index contributed by atoms with van der Waals surface area (Å²) in [5, 5.41) is 13.7. The van der Waals surface area contributed by atoms with Gasteiger partial charge in [0.05, 0.1) is 17.7 Å². The fourth-order valence-electron chi connectivity index (χ4n) is 3.01. The normalized spacial score (nSPS) is 10.5. The minimum atomic E-state index is -1.10. The molecule has 3 aromatic carbocycles. The van der Waals surface area contributed by atoms with E-state index < -0.39 is 5.97 Å². The topological polar surface area (TPSA) is 84.3 Å². The van der Waals surface area contributed by atoms with Gasteiger partial charge in [0.2, 0.25) is 11.8 Å². The summed E-state index contributed by atoms with van der Waals surface area (Å²) in [6, 6.07) is 16.7. The zero-order valence-electron chi connectivity index (χ0n) is 15.9. The van der Waals surface area contributed by atoms with Gasteiger partial charge >= 0.3 is 5.97 Å². The summed E-state index contributed by atoms with van der Waals surface area (Å²) < 4.78 is 19.1. The van der Waals surface area contributed by atoms with Gasteiger partial charge in [-0.25, -0.2) is 9.78 Å². The number of terminal acetylenes is 1. The highest BCUT2D eigenvalue weighted by Gasteiger charge is 2.11. The number of hydrogen-bond donors (Lipinski definition) is 2. The zero-order valence-corrected chi connectivity index (χ0v) is 16.7. The van der Waals surface area contributed by atoms with Crippen LogP contribution in [-0.2, 0) is 0 Å². The number of aromatic nitrogens is 2. The Morgan fingerprint density at radius 2 is 1.94 bits per heavy atom. The number of anilines is 2. The number of carboxylic acids is 1. The van der Waals surface area contributed by atoms with Gasteiger partial charge in [0.1, 0.15) is 5.75 Å². The summed E-state index contributed by atoms with van der Waals surface area (Å²) in [4.78, 5) is 20.3. The lowest BCUT2D eigenvalue weighted by atomic mass is 10.1. The van der Waals surface area contributed by atoms with Gasteiger partial charge in [-0.05, 0) is 30.3 Å². The zero-order chi connectivity index (χ0) is 21.8. The van der Waals surface area contributed by atoms with Crippen LogP contribution >= 0.6 is 12.1 Å². The Balaban J connectivity index is 1.64. The number of aromatic carboxylic acids is 1. The van der Waals surface area contributed by atoms with Crippen molar-refractivity contribution >= 4 is 40.5 Å². The molecule has 0 saturated heterocycles. The SMILES string of the molecule is C#Cc1cc(Nc2nccc(Oc3ccc(SF)c4ccccc34)n2)cc(C(=O)O)c1. The number of rotatable bonds is 6. The Hall–Kier alpha value is -4.09. The van der Waals surface area contributed by atoms with Crippen molar-refractivity contribution < 1.29 is 18.5 Å². The molecule has 6 nitrogen and oxygen atoms in total. The molecule has 0 unspecified atom stereocenters. The lowest BCUT2D eigenvalue weighted by molar-refractivity contribution is 0.0697. The molecule has 152 valence electrons. The van der Waals surface area contributed by atoms with Crippen LogP contribution in [-0.4, -0.2) is 21.0 Å². The first-order valence-corrected chi connectivity index (χ1v) is 9.72. The van der Waals surface area contributed by atoms with E-state index in [-0.39, 0.29) is 29.5 Å². The molecular weight excluding hydrogens is 417 g/mol. The van der Waals surface area contributed by atoms with Crippen molar-refractivity contribution in [3.63, 3.8) is 0 Å². The van der Waals surface area contributed by atoms with Crippen molar-refractivity contribution in [2.75, 3.05) is 5.32 Å². The van der Waals surface area contributed by atoms with E-state index in [1.54, 1.807) is 24.3 Å². The van der Waals surface area contributed by atoms with E-state index in [0.29, 0.717) is 21.9 Å². The number of fused-ring (bicyclic) bond motifs is 1. The van der Waals surface area contributed by atoms with E-state index in [2.05, 4.69) is 21.2 Å². The van der Waals surface area contributed by atoms with Gasteiger partial charge < -0.3 is 15.2 Å². The van der Waals surface area contributed by atoms with E-state index in [1.165, 1.54) is 18.3 Å². The fraction of sp³-hybridized carbons (Fsp3) is 0. The third kappa shape index (κ3) is 4.42. The Bertz CT molecular complexity index is 1340. The minimum Gasteiger partial charge on any atom is -0.478 e. The van der Waals surface area contributed by atoms with Crippen molar-refractivity contribution in [1.82, 2.24) is 9.97 Å². The molecule has 0 amide bonds. The average molecular weight is 431 g/mol. The fourth-order valence-corrected chi connectivity index (χ4v) is 3.39. The van der Waals surface area contributed by atoms with Gasteiger partial charge in [0.25, 0.3) is 0 Å². The van der Waals surface area contributed by atoms with E-state index in [9.17, 15) is 13.8 Å². The summed E-state index contributed by atoms with van der Waals surface area (Å²) in [5.74, 6) is 2.30. The highest BCUT2D eigenvalue weighted by Crippen LogP contribution is 2.36. The number of hydrogen-bond acceptors (Lipinski definition) is 6. The molecule has 0 aliphatic rings. The quantitative estimate of drug-likeness (QED) is 0.372. The Morgan fingerprint density at radius 1 is 1.13 bits per heavy atom. The van der Waals surface area contributed by atoms with E-state index >= 15 is 0 Å². The number of carbonyl (C=O) groups is 1. The lowest BCUT2D eigenvalue weighted by Gasteiger charge is -2.11. The van der Waals surface area contributed by atoms with Gasteiger partial charge in [0, 0.05) is 39.2 Å². The minimum absolute atomic E-state index is 0.0441. The molecule has 0 bridgehead atoms. The average Bonchev–Trinajstić information content (AvgIpc) is 2.79. The van der Waals surface area contributed by atoms with Crippen LogP contribution in [0.3, 0.4) is 0 Å². The smallest absolute Gasteiger partial charge is 0.335 e. The lowest BCUT2D eigenvalue weighted by Crippen LogP contribution is -2.02. The van der Waals surface area contributed by atoms with Crippen LogP contribution < -0.4 is 10.1 Å². The first-order valence-electron chi connectivity index (χ1n) is 9.00. The number of nitrogens with one attached hydrogen (secondary N) is 1. The van der Waals surface area contributed by atoms with Crippen LogP contribution in [0.25, 0.3) is 10.8 Å². The van der Waals surface area contributed by atoms with Crippen LogP contribution in [0.15, 0.2) is 71.8 Å². The second kappa shape index (κ2) is 8.73. The van der Waals surface area contributed by atoms with Crippen molar-refractivity contribution in [3.8, 4) is 24.0 Å². The number of ether oxygens (including phenoxy) is 1. The van der Waals surface area contributed by atoms with Gasteiger partial charge in [0.15, 0.2) is 0 Å². The van der Waals surface area contributed by atoms with Crippen LogP contribution in [0.4, 0.5) is 15.5 Å². The number of halogens is 1. The molecule has 0 fully saturated rings. The third-order valence-electron chi connectivity index (χ3n) is 4.37. The van der Waals surface area contributed by atoms with E-state index in [4.69, 9.17) is 11.2 Å². The molecule has 31 heavy (non-hydrogen) atoms. The summed E-state index contributed by atoms with van der Waals surface area (Å²) in [6.07, 6.45) is 6.91. The molecule has 4 aromatic rings. The number of nitrogens with zero attached hydrogens (tertiary/aromatic N) is 2. The molecule has 1 heterocycles. The molecule has 4 rings (SSSR count). The van der Waals surface area contributed by atoms with Crippen molar-refractivity contribution in [2.24, 2.45) is 0 Å². The molecule has 2 N–H and O–H groups in total. The number of benzene rings is 3. The molecule has 0 spiro atoms. The largest absolute Gasteiger partial charge is 0.478 e. The van der Waals surface area contributed by atoms with Crippen LogP contribution in [0.1, 0.15) is 15.9 Å². The van der Waals surface area contributed by atoms with Gasteiger partial charge in [-0.2, -0.15) is 8.87 Å². The summed E-state index contributed by atoms with van der Waals surface area (Å²) >= 11 is 0.176. The Morgan fingerprint density at radius 3 is 2.68 bits per heavy atom. The van der Waals surface area contributed by atoms with Crippen molar-refractivity contribution in [3.05, 3.63) is 78.0 Å². The standard InChI is InChI=1S/C23H14FN3O3S/c1-2-14-11-15(22(28)29)13-16(12-14)26-23-25-10-9-21(27-23)30-19-7-8-20(31-24)18-6-4-3-5-17(18)19/h1,3-13H,(H,28,29)(H,25,26,27). The van der Waals surface area contributed by atoms with Crippen LogP contribution in [0, 0.1) is 12.3 Å². The highest BCUT2D eigenvalue weighted by molar-refractivity contribution is 7.94. The first-order chi connectivity index (χ1) is 15.1. The number of carboxylic acid groups (broad SMARTS) is 1. The Kier molecular flexibility index (Phi) is 5.69. The molecule has 0 radical (unpaired) electrons. The molecule has 8 heteroatoms. The predicted octanol–water partition coefficient (Wildman–Crippen LogP) is 5.82. The second-order valence-corrected chi connectivity index (χ2v) is 6.97. The van der Waals surface area contributed by atoms with Crippen LogP contribution in [0.2, 0.25) is 0 Å². The first kappa shape index (κ1) is 20.2. The van der Waals surface area contributed by atoms with Crippen molar-refractivity contribution in [1.29, 1.82) is 0 Å². The monoisotopic (exact) mass is 431 g/mol. The second-order valence-electron chi connectivity index (χ2n) is 6.38. The maximum Gasteiger partial charge on any atom is 0.335 e. The summed E-state index contributed by atoms with van der Waals surface area (Å²) in [6.45, 7) is 0. The highest BCUT2D eigenvalue weighted by atomic mass is 32.2. The van der Waals surface area contributed by atoms with Crippen molar-refractivity contribution in [2.45, 2.75) is 4.90 Å². The third-order valence-corrected chi connectivity index (χ3v) is 4.90. The maximum absolute atomic E-state index is 13.2. The van der Waals surface area contributed by atoms with Gasteiger partial charge in [-0.1, -0.05) is 30.2 Å². The molecule has 0 saturated carbocycles. The molecular formula is C23H14FN3O3S. The maximum atomic E-state index is 13.2. The summed E-state index contributed by atoms with van der Waals surface area (Å²) in [5.41, 5.74) is 0.884. The molecule has 0 aliphatic carbocycles.